The summed E-state index contributed by atoms with van der Waals surface area (Å²) in [5.74, 6) is 0. The SMILES string of the molecule is [N-]=[N+]=NC1CCC(c2nccs2)OC1. The zero-order valence-electron chi connectivity index (χ0n) is 7.54. The molecule has 0 saturated carbocycles. The molecule has 2 unspecified atom stereocenters. The lowest BCUT2D eigenvalue weighted by Crippen LogP contribution is -2.22. The van der Waals surface area contributed by atoms with Crippen molar-refractivity contribution in [2.24, 2.45) is 5.11 Å². The maximum Gasteiger partial charge on any atom is 0.121 e. The zero-order valence-corrected chi connectivity index (χ0v) is 8.35. The van der Waals surface area contributed by atoms with Gasteiger partial charge in [0.15, 0.2) is 0 Å². The first-order valence-corrected chi connectivity index (χ1v) is 5.33. The van der Waals surface area contributed by atoms with E-state index in [1.54, 1.807) is 17.5 Å². The smallest absolute Gasteiger partial charge is 0.121 e. The molecule has 1 aromatic rings. The number of nitrogens with zero attached hydrogens (tertiary/aromatic N) is 4. The summed E-state index contributed by atoms with van der Waals surface area (Å²) in [5.41, 5.74) is 8.26. The van der Waals surface area contributed by atoms with Crippen molar-refractivity contribution in [3.05, 3.63) is 27.0 Å². The van der Waals surface area contributed by atoms with Gasteiger partial charge in [0, 0.05) is 16.5 Å². The van der Waals surface area contributed by atoms with Crippen molar-refractivity contribution < 1.29 is 4.74 Å². The van der Waals surface area contributed by atoms with Gasteiger partial charge in [0.05, 0.1) is 12.6 Å². The summed E-state index contributed by atoms with van der Waals surface area (Å²) in [6.45, 7) is 0.508. The van der Waals surface area contributed by atoms with Gasteiger partial charge in [0.1, 0.15) is 11.1 Å². The predicted octanol–water partition coefficient (Wildman–Crippen LogP) is 2.67. The van der Waals surface area contributed by atoms with Gasteiger partial charge in [-0.3, -0.25) is 0 Å². The van der Waals surface area contributed by atoms with E-state index in [0.717, 1.165) is 17.8 Å². The summed E-state index contributed by atoms with van der Waals surface area (Å²) in [7, 11) is 0. The molecule has 2 rings (SSSR count). The standard InChI is InChI=1S/C8H10N4OS/c9-12-11-6-1-2-7(13-5-6)8-10-3-4-14-8/h3-4,6-7H,1-2,5H2. The van der Waals surface area contributed by atoms with Crippen molar-refractivity contribution in [1.29, 1.82) is 0 Å². The van der Waals surface area contributed by atoms with Gasteiger partial charge in [0.2, 0.25) is 0 Å². The molecule has 0 aliphatic carbocycles. The minimum atomic E-state index is -0.00351. The van der Waals surface area contributed by atoms with Gasteiger partial charge in [0.25, 0.3) is 0 Å². The van der Waals surface area contributed by atoms with Crippen molar-refractivity contribution in [3.63, 3.8) is 0 Å². The van der Waals surface area contributed by atoms with Gasteiger partial charge in [-0.1, -0.05) is 5.11 Å². The lowest BCUT2D eigenvalue weighted by molar-refractivity contribution is 0.00412. The Morgan fingerprint density at radius 2 is 2.57 bits per heavy atom. The quantitative estimate of drug-likeness (QED) is 0.427. The van der Waals surface area contributed by atoms with E-state index in [4.69, 9.17) is 10.3 Å². The van der Waals surface area contributed by atoms with Crippen LogP contribution in [0.2, 0.25) is 0 Å². The fourth-order valence-electron chi connectivity index (χ4n) is 1.49. The van der Waals surface area contributed by atoms with Gasteiger partial charge >= 0.3 is 0 Å². The molecule has 0 radical (unpaired) electrons. The molecule has 1 fully saturated rings. The van der Waals surface area contributed by atoms with E-state index in [0.29, 0.717) is 6.61 Å². The summed E-state index contributed by atoms with van der Waals surface area (Å²) in [4.78, 5) is 6.98. The Bertz CT molecular complexity index is 325. The molecule has 1 aliphatic heterocycles. The molecule has 2 heterocycles. The van der Waals surface area contributed by atoms with Crippen LogP contribution in [0.3, 0.4) is 0 Å². The predicted molar refractivity (Wildman–Crippen MR) is 53.0 cm³/mol. The number of thiazole rings is 1. The van der Waals surface area contributed by atoms with Gasteiger partial charge in [-0.05, 0) is 18.4 Å². The van der Waals surface area contributed by atoms with E-state index in [9.17, 15) is 0 Å². The van der Waals surface area contributed by atoms with Crippen molar-refractivity contribution in [3.8, 4) is 0 Å². The van der Waals surface area contributed by atoms with E-state index in [-0.39, 0.29) is 12.1 Å². The lowest BCUT2D eigenvalue weighted by atomic mass is 10.1. The number of ether oxygens (including phenoxy) is 1. The van der Waals surface area contributed by atoms with E-state index in [2.05, 4.69) is 15.0 Å². The molecule has 5 nitrogen and oxygen atoms in total. The average Bonchev–Trinajstić information content (AvgIpc) is 2.72. The Balaban J connectivity index is 1.93. The zero-order chi connectivity index (χ0) is 9.80. The molecule has 0 bridgehead atoms. The molecule has 1 aliphatic rings. The largest absolute Gasteiger partial charge is 0.371 e. The maximum absolute atomic E-state index is 8.26. The summed E-state index contributed by atoms with van der Waals surface area (Å²) in [6, 6.07) is -0.00351. The van der Waals surface area contributed by atoms with Crippen LogP contribution < -0.4 is 0 Å². The van der Waals surface area contributed by atoms with Crippen LogP contribution in [-0.4, -0.2) is 17.6 Å². The monoisotopic (exact) mass is 210 g/mol. The summed E-state index contributed by atoms with van der Waals surface area (Å²) in [5, 5.41) is 6.60. The third-order valence-electron chi connectivity index (χ3n) is 2.19. The third-order valence-corrected chi connectivity index (χ3v) is 3.06. The second kappa shape index (κ2) is 4.41. The average molecular weight is 210 g/mol. The van der Waals surface area contributed by atoms with E-state index < -0.39 is 0 Å². The first-order valence-electron chi connectivity index (χ1n) is 4.45. The minimum absolute atomic E-state index is 0.00351. The highest BCUT2D eigenvalue weighted by atomic mass is 32.1. The van der Waals surface area contributed by atoms with Gasteiger partial charge in [-0.2, -0.15) is 0 Å². The second-order valence-corrected chi connectivity index (χ2v) is 4.05. The maximum atomic E-state index is 8.26. The number of hydrogen-bond donors (Lipinski definition) is 0. The van der Waals surface area contributed by atoms with Gasteiger partial charge in [-0.15, -0.1) is 11.3 Å². The summed E-state index contributed by atoms with van der Waals surface area (Å²) < 4.78 is 5.57. The number of hydrogen-bond acceptors (Lipinski definition) is 4. The summed E-state index contributed by atoms with van der Waals surface area (Å²) in [6.07, 6.45) is 3.65. The van der Waals surface area contributed by atoms with Crippen molar-refractivity contribution in [2.45, 2.75) is 25.0 Å². The fraction of sp³-hybridized carbons (Fsp3) is 0.625. The van der Waals surface area contributed by atoms with Crippen LogP contribution in [-0.2, 0) is 4.74 Å². The first kappa shape index (κ1) is 9.45. The van der Waals surface area contributed by atoms with Crippen LogP contribution in [0.1, 0.15) is 24.0 Å². The normalized spacial score (nSPS) is 26.9. The number of azide groups is 1. The molecule has 14 heavy (non-hydrogen) atoms. The van der Waals surface area contributed by atoms with Gasteiger partial charge < -0.3 is 4.74 Å². The summed E-state index contributed by atoms with van der Waals surface area (Å²) >= 11 is 1.60. The molecular weight excluding hydrogens is 200 g/mol. The van der Waals surface area contributed by atoms with Gasteiger partial charge in [-0.25, -0.2) is 4.98 Å². The van der Waals surface area contributed by atoms with Crippen LogP contribution in [0.15, 0.2) is 16.7 Å². The first-order chi connectivity index (χ1) is 6.90. The van der Waals surface area contributed by atoms with E-state index in [1.807, 2.05) is 5.38 Å². The topological polar surface area (TPSA) is 70.9 Å². The molecule has 0 N–H and O–H groups in total. The van der Waals surface area contributed by atoms with Crippen LogP contribution in [0.5, 0.6) is 0 Å². The molecule has 0 amide bonds. The molecule has 1 aromatic heterocycles. The fourth-order valence-corrected chi connectivity index (χ4v) is 2.21. The van der Waals surface area contributed by atoms with Crippen molar-refractivity contribution in [1.82, 2.24) is 4.98 Å². The Morgan fingerprint density at radius 1 is 1.64 bits per heavy atom. The van der Waals surface area contributed by atoms with Crippen LogP contribution in [0, 0.1) is 0 Å². The molecule has 0 aromatic carbocycles. The number of aromatic nitrogens is 1. The Hall–Kier alpha value is -1.10. The second-order valence-electron chi connectivity index (χ2n) is 3.13. The molecule has 6 heteroatoms. The minimum Gasteiger partial charge on any atom is -0.371 e. The number of rotatable bonds is 2. The molecule has 74 valence electrons. The van der Waals surface area contributed by atoms with Crippen molar-refractivity contribution in [2.75, 3.05) is 6.61 Å². The molecular formula is C8H10N4OS. The molecule has 0 spiro atoms. The Labute approximate surface area is 85.4 Å². The lowest BCUT2D eigenvalue weighted by Gasteiger charge is -2.24. The Kier molecular flexibility index (Phi) is 2.98. The van der Waals surface area contributed by atoms with E-state index >= 15 is 0 Å². The third kappa shape index (κ3) is 2.04. The highest BCUT2D eigenvalue weighted by Gasteiger charge is 2.23. The Morgan fingerprint density at radius 3 is 3.14 bits per heavy atom. The van der Waals surface area contributed by atoms with E-state index in [1.165, 1.54) is 0 Å². The molecule has 1 saturated heterocycles. The highest BCUT2D eigenvalue weighted by molar-refractivity contribution is 7.09. The van der Waals surface area contributed by atoms with Crippen LogP contribution >= 0.6 is 11.3 Å². The van der Waals surface area contributed by atoms with Crippen molar-refractivity contribution >= 4 is 11.3 Å². The van der Waals surface area contributed by atoms with Crippen LogP contribution in [0.4, 0.5) is 0 Å². The molecule has 2 atom stereocenters. The highest BCUT2D eigenvalue weighted by Crippen LogP contribution is 2.29. The van der Waals surface area contributed by atoms with Crippen LogP contribution in [0.25, 0.3) is 10.4 Å².